The molecule has 4 rings (SSSR count). The van der Waals surface area contributed by atoms with E-state index in [1.54, 1.807) is 43.2 Å². The van der Waals surface area contributed by atoms with Crippen LogP contribution in [0.2, 0.25) is 5.02 Å². The smallest absolute Gasteiger partial charge is 0.276 e. The van der Waals surface area contributed by atoms with Gasteiger partial charge in [0.05, 0.1) is 38.8 Å². The van der Waals surface area contributed by atoms with Gasteiger partial charge in [0.15, 0.2) is 5.69 Å². The molecule has 0 saturated carbocycles. The summed E-state index contributed by atoms with van der Waals surface area (Å²) in [7, 11) is 3.11. The molecule has 2 heterocycles. The molecule has 0 saturated heterocycles. The summed E-state index contributed by atoms with van der Waals surface area (Å²) in [6, 6.07) is 14.5. The van der Waals surface area contributed by atoms with Gasteiger partial charge in [-0.05, 0) is 35.9 Å². The van der Waals surface area contributed by atoms with E-state index in [0.29, 0.717) is 41.1 Å². The van der Waals surface area contributed by atoms with Gasteiger partial charge in [-0.15, -0.1) is 0 Å². The Morgan fingerprint density at radius 2 is 1.97 bits per heavy atom. The number of benzene rings is 2. The Kier molecular flexibility index (Phi) is 5.42. The normalized spacial score (nSPS) is 15.5. The second-order valence-electron chi connectivity index (χ2n) is 6.57. The molecule has 1 aliphatic rings. The van der Waals surface area contributed by atoms with E-state index in [0.717, 1.165) is 11.3 Å². The third-order valence-electron chi connectivity index (χ3n) is 4.76. The number of anilines is 1. The number of rotatable bonds is 5. The predicted molar refractivity (Wildman–Crippen MR) is 109 cm³/mol. The van der Waals surface area contributed by atoms with Crippen LogP contribution in [0.4, 0.5) is 5.69 Å². The van der Waals surface area contributed by atoms with Crippen LogP contribution in [0.1, 0.15) is 27.8 Å². The largest absolute Gasteiger partial charge is 0.497 e. The zero-order valence-electron chi connectivity index (χ0n) is 16.0. The number of halogens is 1. The highest BCUT2D eigenvalue weighted by atomic mass is 35.5. The Bertz CT molecular complexity index is 1030. The van der Waals surface area contributed by atoms with Gasteiger partial charge in [-0.1, -0.05) is 23.7 Å². The number of nitrogens with one attached hydrogen (secondary N) is 1. The number of amides is 1. The summed E-state index contributed by atoms with van der Waals surface area (Å²) in [5.74, 6) is 0.820. The molecule has 1 unspecified atom stereocenters. The molecule has 0 spiro atoms. The number of nitrogens with zero attached hydrogens (tertiary/aromatic N) is 2. The van der Waals surface area contributed by atoms with Gasteiger partial charge in [-0.3, -0.25) is 9.48 Å². The van der Waals surface area contributed by atoms with Gasteiger partial charge in [-0.2, -0.15) is 5.10 Å². The lowest BCUT2D eigenvalue weighted by Crippen LogP contribution is -2.22. The Morgan fingerprint density at radius 1 is 1.17 bits per heavy atom. The van der Waals surface area contributed by atoms with E-state index < -0.39 is 0 Å². The van der Waals surface area contributed by atoms with Crippen LogP contribution in [0.3, 0.4) is 0 Å². The van der Waals surface area contributed by atoms with Gasteiger partial charge >= 0.3 is 0 Å². The van der Waals surface area contributed by atoms with Crippen LogP contribution >= 0.6 is 11.6 Å². The monoisotopic (exact) mass is 413 g/mol. The van der Waals surface area contributed by atoms with E-state index in [2.05, 4.69) is 10.4 Å². The van der Waals surface area contributed by atoms with Crippen LogP contribution < -0.4 is 14.8 Å². The molecule has 1 aliphatic heterocycles. The molecule has 0 aliphatic carbocycles. The highest BCUT2D eigenvalue weighted by molar-refractivity contribution is 6.30. The van der Waals surface area contributed by atoms with Crippen molar-refractivity contribution in [2.45, 2.75) is 19.3 Å². The minimum Gasteiger partial charge on any atom is -0.497 e. The Balaban J connectivity index is 1.52. The van der Waals surface area contributed by atoms with Crippen molar-refractivity contribution in [3.05, 3.63) is 70.5 Å². The molecule has 7 nitrogen and oxygen atoms in total. The average Bonchev–Trinajstić information content (AvgIpc) is 3.18. The van der Waals surface area contributed by atoms with Gasteiger partial charge in [0, 0.05) is 11.1 Å². The molecule has 3 aromatic rings. The van der Waals surface area contributed by atoms with Crippen LogP contribution in [-0.2, 0) is 17.9 Å². The molecule has 2 aromatic carbocycles. The first kappa shape index (κ1) is 19.3. The summed E-state index contributed by atoms with van der Waals surface area (Å²) in [5.41, 5.74) is 2.68. The second-order valence-corrected chi connectivity index (χ2v) is 7.01. The van der Waals surface area contributed by atoms with E-state index in [1.165, 1.54) is 0 Å². The van der Waals surface area contributed by atoms with E-state index in [4.69, 9.17) is 25.8 Å². The highest BCUT2D eigenvalue weighted by Crippen LogP contribution is 2.30. The SMILES string of the molecule is COc1ccc(OC)c(NC(=O)c2cc3n(n2)CC(c2ccc(Cl)cc2)OC3)c1. The third kappa shape index (κ3) is 4.06. The van der Waals surface area contributed by atoms with Crippen molar-refractivity contribution in [1.82, 2.24) is 9.78 Å². The topological polar surface area (TPSA) is 74.6 Å². The van der Waals surface area contributed by atoms with E-state index in [9.17, 15) is 4.79 Å². The number of ether oxygens (including phenoxy) is 3. The molecule has 1 amide bonds. The first-order chi connectivity index (χ1) is 14.1. The summed E-state index contributed by atoms with van der Waals surface area (Å²) in [4.78, 5) is 12.7. The number of methoxy groups -OCH3 is 2. The Morgan fingerprint density at radius 3 is 2.69 bits per heavy atom. The highest BCUT2D eigenvalue weighted by Gasteiger charge is 2.24. The Hall–Kier alpha value is -3.03. The van der Waals surface area contributed by atoms with Crippen LogP contribution in [-0.4, -0.2) is 29.9 Å². The standard InChI is InChI=1S/C21H20ClN3O4/c1-27-16-7-8-19(28-2)17(10-16)23-21(26)18-9-15-12-29-20(11-25(15)24-18)13-3-5-14(22)6-4-13/h3-10,20H,11-12H2,1-2H3,(H,23,26). The zero-order chi connectivity index (χ0) is 20.4. The van der Waals surface area contributed by atoms with Crippen molar-refractivity contribution >= 4 is 23.2 Å². The molecule has 1 N–H and O–H groups in total. The number of hydrogen-bond donors (Lipinski definition) is 1. The number of aromatic nitrogens is 2. The zero-order valence-corrected chi connectivity index (χ0v) is 16.8. The maximum atomic E-state index is 12.7. The summed E-state index contributed by atoms with van der Waals surface area (Å²) in [6.07, 6.45) is -0.144. The van der Waals surface area contributed by atoms with Crippen molar-refractivity contribution in [2.75, 3.05) is 19.5 Å². The number of fused-ring (bicyclic) bond motifs is 1. The van der Waals surface area contributed by atoms with Crippen LogP contribution in [0.15, 0.2) is 48.5 Å². The van der Waals surface area contributed by atoms with E-state index in [1.807, 2.05) is 24.3 Å². The summed E-state index contributed by atoms with van der Waals surface area (Å²) in [5, 5.41) is 7.98. The van der Waals surface area contributed by atoms with Crippen LogP contribution in [0, 0.1) is 0 Å². The summed E-state index contributed by atoms with van der Waals surface area (Å²) in [6.45, 7) is 0.892. The van der Waals surface area contributed by atoms with Crippen LogP contribution in [0.25, 0.3) is 0 Å². The number of hydrogen-bond acceptors (Lipinski definition) is 5. The molecular weight excluding hydrogens is 394 g/mol. The first-order valence-corrected chi connectivity index (χ1v) is 9.42. The van der Waals surface area contributed by atoms with Crippen molar-refractivity contribution in [1.29, 1.82) is 0 Å². The van der Waals surface area contributed by atoms with Gasteiger partial charge in [-0.25, -0.2) is 0 Å². The lowest BCUT2D eigenvalue weighted by Gasteiger charge is -2.24. The maximum Gasteiger partial charge on any atom is 0.276 e. The number of carbonyl (C=O) groups is 1. The predicted octanol–water partition coefficient (Wildman–Crippen LogP) is 4.08. The molecule has 0 bridgehead atoms. The van der Waals surface area contributed by atoms with E-state index in [-0.39, 0.29) is 12.0 Å². The molecule has 1 atom stereocenters. The van der Waals surface area contributed by atoms with Gasteiger partial charge < -0.3 is 19.5 Å². The quantitative estimate of drug-likeness (QED) is 0.682. The van der Waals surface area contributed by atoms with Crippen molar-refractivity contribution in [3.8, 4) is 11.5 Å². The minimum absolute atomic E-state index is 0.144. The van der Waals surface area contributed by atoms with Gasteiger partial charge in [0.1, 0.15) is 17.6 Å². The molecule has 29 heavy (non-hydrogen) atoms. The lowest BCUT2D eigenvalue weighted by atomic mass is 10.1. The molecule has 1 aromatic heterocycles. The van der Waals surface area contributed by atoms with Gasteiger partial charge in [0.25, 0.3) is 5.91 Å². The van der Waals surface area contributed by atoms with Crippen molar-refractivity contribution < 1.29 is 19.0 Å². The summed E-state index contributed by atoms with van der Waals surface area (Å²) < 4.78 is 18.3. The maximum absolute atomic E-state index is 12.7. The fraction of sp³-hybridized carbons (Fsp3) is 0.238. The minimum atomic E-state index is -0.332. The van der Waals surface area contributed by atoms with Gasteiger partial charge in [0.2, 0.25) is 0 Å². The summed E-state index contributed by atoms with van der Waals surface area (Å²) >= 11 is 5.96. The van der Waals surface area contributed by atoms with Crippen molar-refractivity contribution in [2.24, 2.45) is 0 Å². The molecule has 0 radical (unpaired) electrons. The lowest BCUT2D eigenvalue weighted by molar-refractivity contribution is -0.00118. The van der Waals surface area contributed by atoms with Crippen molar-refractivity contribution in [3.63, 3.8) is 0 Å². The first-order valence-electron chi connectivity index (χ1n) is 9.04. The molecular formula is C21H20ClN3O4. The Labute approximate surface area is 173 Å². The second kappa shape index (κ2) is 8.14. The molecule has 0 fully saturated rings. The fourth-order valence-electron chi connectivity index (χ4n) is 3.21. The molecule has 150 valence electrons. The fourth-order valence-corrected chi connectivity index (χ4v) is 3.34. The number of carbonyl (C=O) groups excluding carboxylic acids is 1. The van der Waals surface area contributed by atoms with E-state index >= 15 is 0 Å². The van der Waals surface area contributed by atoms with Crippen LogP contribution in [0.5, 0.6) is 11.5 Å². The molecule has 8 heteroatoms. The average molecular weight is 414 g/mol. The third-order valence-corrected chi connectivity index (χ3v) is 5.02.